The second kappa shape index (κ2) is 13.4. The van der Waals surface area contributed by atoms with Crippen molar-refractivity contribution in [2.75, 3.05) is 32.1 Å². The average molecular weight is 557 g/mol. The fourth-order valence-electron chi connectivity index (χ4n) is 4.88. The van der Waals surface area contributed by atoms with Gasteiger partial charge in [-0.1, -0.05) is 26.2 Å². The van der Waals surface area contributed by atoms with Crippen LogP contribution in [0.4, 0.5) is 23.7 Å². The van der Waals surface area contributed by atoms with E-state index < -0.39 is 43.0 Å². The zero-order chi connectivity index (χ0) is 28.7. The van der Waals surface area contributed by atoms with Crippen LogP contribution in [0.3, 0.4) is 0 Å². The van der Waals surface area contributed by atoms with Gasteiger partial charge in [-0.05, 0) is 38.0 Å². The van der Waals surface area contributed by atoms with E-state index in [-0.39, 0.29) is 54.7 Å². The molecule has 1 aliphatic heterocycles. The first-order chi connectivity index (χ1) is 18.4. The number of urea groups is 1. The topological polar surface area (TPSA) is 111 Å². The number of alkyl halides is 3. The molecule has 3 rings (SSSR count). The minimum absolute atomic E-state index is 0.107. The van der Waals surface area contributed by atoms with Crippen molar-refractivity contribution < 1.29 is 37.4 Å². The van der Waals surface area contributed by atoms with Gasteiger partial charge in [0.05, 0.1) is 31.2 Å². The number of fused-ring (bicyclic) bond motifs is 1. The summed E-state index contributed by atoms with van der Waals surface area (Å²) in [6.45, 7) is 3.81. The molecule has 9 nitrogen and oxygen atoms in total. The highest BCUT2D eigenvalue weighted by atomic mass is 19.4. The van der Waals surface area contributed by atoms with Gasteiger partial charge in [0.15, 0.2) is 0 Å². The smallest absolute Gasteiger partial charge is 0.389 e. The Morgan fingerprint density at radius 1 is 1.23 bits per heavy atom. The maximum absolute atomic E-state index is 13.5. The fraction of sp³-hybridized carbons (Fsp3) is 0.667. The predicted molar refractivity (Wildman–Crippen MR) is 140 cm³/mol. The van der Waals surface area contributed by atoms with Gasteiger partial charge in [-0.25, -0.2) is 4.79 Å². The zero-order valence-electron chi connectivity index (χ0n) is 22.7. The van der Waals surface area contributed by atoms with Crippen molar-refractivity contribution >= 4 is 23.5 Å². The lowest BCUT2D eigenvalue weighted by atomic mass is 9.96. The van der Waals surface area contributed by atoms with Gasteiger partial charge in [-0.2, -0.15) is 13.2 Å². The molecule has 4 amide bonds. The summed E-state index contributed by atoms with van der Waals surface area (Å²) < 4.78 is 43.7. The number of hydrogen-bond donors (Lipinski definition) is 3. The third-order valence-electron chi connectivity index (χ3n) is 7.32. The van der Waals surface area contributed by atoms with Gasteiger partial charge >= 0.3 is 12.2 Å². The monoisotopic (exact) mass is 556 g/mol. The van der Waals surface area contributed by atoms with Crippen molar-refractivity contribution in [1.82, 2.24) is 15.1 Å². The normalized spacial score (nSPS) is 21.2. The Morgan fingerprint density at radius 2 is 1.92 bits per heavy atom. The maximum Gasteiger partial charge on any atom is 0.389 e. The van der Waals surface area contributed by atoms with E-state index >= 15 is 0 Å². The Morgan fingerprint density at radius 3 is 2.56 bits per heavy atom. The van der Waals surface area contributed by atoms with Crippen molar-refractivity contribution in [3.05, 3.63) is 23.8 Å². The van der Waals surface area contributed by atoms with Crippen LogP contribution in [-0.2, 0) is 4.79 Å². The first kappa shape index (κ1) is 30.5. The summed E-state index contributed by atoms with van der Waals surface area (Å²) in [5.41, 5.74) is 0.263. The van der Waals surface area contributed by atoms with Crippen molar-refractivity contribution in [2.24, 2.45) is 5.92 Å². The molecular weight excluding hydrogens is 517 g/mol. The SMILES string of the molecule is C[C@@H]1CN([C@H](C)CO)C(=O)c2cc(NC(=O)CCC(F)(F)F)ccc2O[C@H]1CN(C)C(=O)NC1CCCCC1. The number of hydrogen-bond acceptors (Lipinski definition) is 5. The van der Waals surface area contributed by atoms with Gasteiger partial charge in [-0.3, -0.25) is 9.59 Å². The fourth-order valence-corrected chi connectivity index (χ4v) is 4.88. The van der Waals surface area contributed by atoms with Crippen LogP contribution in [0.5, 0.6) is 5.75 Å². The third-order valence-corrected chi connectivity index (χ3v) is 7.32. The summed E-state index contributed by atoms with van der Waals surface area (Å²) in [5, 5.41) is 15.3. The molecule has 0 bridgehead atoms. The lowest BCUT2D eigenvalue weighted by Gasteiger charge is -2.38. The number of nitrogens with one attached hydrogen (secondary N) is 2. The molecule has 3 N–H and O–H groups in total. The van der Waals surface area contributed by atoms with Crippen LogP contribution in [0.1, 0.15) is 69.2 Å². The first-order valence-corrected chi connectivity index (χ1v) is 13.5. The van der Waals surface area contributed by atoms with E-state index in [1.165, 1.54) is 29.5 Å². The number of nitrogens with zero attached hydrogens (tertiary/aromatic N) is 2. The Balaban J connectivity index is 1.80. The number of amides is 4. The van der Waals surface area contributed by atoms with Crippen LogP contribution in [0, 0.1) is 5.92 Å². The molecule has 1 aromatic rings. The van der Waals surface area contributed by atoms with Crippen LogP contribution in [0.2, 0.25) is 0 Å². The molecule has 0 aromatic heterocycles. The highest BCUT2D eigenvalue weighted by Crippen LogP contribution is 2.31. The first-order valence-electron chi connectivity index (χ1n) is 13.5. The number of aliphatic hydroxyl groups excluding tert-OH is 1. The quantitative estimate of drug-likeness (QED) is 0.445. The molecule has 12 heteroatoms. The molecule has 1 saturated carbocycles. The molecule has 1 aliphatic carbocycles. The number of ether oxygens (including phenoxy) is 1. The average Bonchev–Trinajstić information content (AvgIpc) is 2.89. The summed E-state index contributed by atoms with van der Waals surface area (Å²) >= 11 is 0. The largest absolute Gasteiger partial charge is 0.487 e. The van der Waals surface area contributed by atoms with Gasteiger partial charge < -0.3 is 30.3 Å². The van der Waals surface area contributed by atoms with Gasteiger partial charge in [0.25, 0.3) is 5.91 Å². The lowest BCUT2D eigenvalue weighted by molar-refractivity contribution is -0.142. The number of likely N-dealkylation sites (N-methyl/N-ethyl adjacent to an activating group) is 1. The van der Waals surface area contributed by atoms with Crippen LogP contribution in [-0.4, -0.2) is 83.9 Å². The third kappa shape index (κ3) is 8.74. The van der Waals surface area contributed by atoms with E-state index in [4.69, 9.17) is 4.74 Å². The molecule has 3 atom stereocenters. The van der Waals surface area contributed by atoms with E-state index in [1.807, 2.05) is 6.92 Å². The summed E-state index contributed by atoms with van der Waals surface area (Å²) in [6.07, 6.45) is -1.70. The molecule has 218 valence electrons. The molecular formula is C27H39F3N4O5. The molecule has 1 fully saturated rings. The molecule has 0 radical (unpaired) electrons. The Hall–Kier alpha value is -3.02. The van der Waals surface area contributed by atoms with Crippen LogP contribution >= 0.6 is 0 Å². The second-order valence-corrected chi connectivity index (χ2v) is 10.7. The number of anilines is 1. The van der Waals surface area contributed by atoms with Gasteiger partial charge in [0.2, 0.25) is 5.91 Å². The summed E-state index contributed by atoms with van der Waals surface area (Å²) in [4.78, 5) is 41.5. The van der Waals surface area contributed by atoms with Gasteiger partial charge in [0, 0.05) is 37.7 Å². The number of benzene rings is 1. The molecule has 0 spiro atoms. The standard InChI is InChI=1S/C27H39F3N4O5/c1-17-14-34(18(2)16-35)25(37)21-13-20(31-24(36)11-12-27(28,29)30)9-10-22(21)39-23(17)15-33(3)26(38)32-19-7-5-4-6-8-19/h9-10,13,17-19,23,35H,4-8,11-12,14-16H2,1-3H3,(H,31,36)(H,32,38)/t17-,18-,23+/m1/s1. The van der Waals surface area contributed by atoms with E-state index in [0.29, 0.717) is 0 Å². The number of halogens is 3. The number of carbonyl (C=O) groups is 3. The Bertz CT molecular complexity index is 1020. The lowest BCUT2D eigenvalue weighted by Crippen LogP contribution is -2.52. The summed E-state index contributed by atoms with van der Waals surface area (Å²) in [7, 11) is 1.69. The molecule has 0 saturated heterocycles. The van der Waals surface area contributed by atoms with Crippen molar-refractivity contribution in [3.63, 3.8) is 0 Å². The van der Waals surface area contributed by atoms with E-state index in [1.54, 1.807) is 18.9 Å². The maximum atomic E-state index is 13.5. The highest BCUT2D eigenvalue weighted by molar-refractivity contribution is 5.99. The van der Waals surface area contributed by atoms with E-state index in [0.717, 1.165) is 25.7 Å². The molecule has 1 heterocycles. The number of carbonyl (C=O) groups excluding carboxylic acids is 3. The molecule has 39 heavy (non-hydrogen) atoms. The minimum atomic E-state index is -4.46. The Labute approximate surface area is 227 Å². The van der Waals surface area contributed by atoms with Crippen molar-refractivity contribution in [1.29, 1.82) is 0 Å². The number of aliphatic hydroxyl groups is 1. The highest BCUT2D eigenvalue weighted by Gasteiger charge is 2.34. The predicted octanol–water partition coefficient (Wildman–Crippen LogP) is 4.16. The van der Waals surface area contributed by atoms with E-state index in [2.05, 4.69) is 10.6 Å². The van der Waals surface area contributed by atoms with Gasteiger partial charge in [0.1, 0.15) is 11.9 Å². The molecule has 2 aliphatic rings. The van der Waals surface area contributed by atoms with Crippen molar-refractivity contribution in [3.8, 4) is 5.75 Å². The summed E-state index contributed by atoms with van der Waals surface area (Å²) in [6, 6.07) is 3.74. The second-order valence-electron chi connectivity index (χ2n) is 10.7. The van der Waals surface area contributed by atoms with E-state index in [9.17, 15) is 32.7 Å². The zero-order valence-corrected chi connectivity index (χ0v) is 22.7. The Kier molecular flexibility index (Phi) is 10.5. The summed E-state index contributed by atoms with van der Waals surface area (Å²) in [5.74, 6) is -1.25. The molecule has 1 aromatic carbocycles. The van der Waals surface area contributed by atoms with Crippen LogP contribution in [0.25, 0.3) is 0 Å². The van der Waals surface area contributed by atoms with Crippen molar-refractivity contribution in [2.45, 2.75) is 83.2 Å². The van der Waals surface area contributed by atoms with Gasteiger partial charge in [-0.15, -0.1) is 0 Å². The van der Waals surface area contributed by atoms with Crippen LogP contribution < -0.4 is 15.4 Å². The number of rotatable bonds is 8. The van der Waals surface area contributed by atoms with Crippen LogP contribution in [0.15, 0.2) is 18.2 Å². The minimum Gasteiger partial charge on any atom is -0.487 e. The molecule has 0 unspecified atom stereocenters.